The van der Waals surface area contributed by atoms with E-state index in [1.807, 2.05) is 18.2 Å². The lowest BCUT2D eigenvalue weighted by Crippen LogP contribution is -2.43. The molecule has 3 atom stereocenters. The van der Waals surface area contributed by atoms with E-state index >= 15 is 0 Å². The van der Waals surface area contributed by atoms with Gasteiger partial charge in [0.15, 0.2) is 5.11 Å². The maximum atomic E-state index is 5.96. The zero-order valence-electron chi connectivity index (χ0n) is 10.9. The third-order valence-corrected chi connectivity index (χ3v) is 4.89. The van der Waals surface area contributed by atoms with E-state index in [0.717, 1.165) is 34.1 Å². The van der Waals surface area contributed by atoms with E-state index in [1.165, 1.54) is 25.7 Å². The van der Waals surface area contributed by atoms with Gasteiger partial charge in [-0.15, -0.1) is 0 Å². The number of halogens is 1. The van der Waals surface area contributed by atoms with Crippen molar-refractivity contribution >= 4 is 28.9 Å². The van der Waals surface area contributed by atoms with Crippen molar-refractivity contribution in [3.05, 3.63) is 34.9 Å². The van der Waals surface area contributed by atoms with Gasteiger partial charge in [-0.25, -0.2) is 0 Å². The molecule has 0 radical (unpaired) electrons. The molecule has 2 saturated carbocycles. The summed E-state index contributed by atoms with van der Waals surface area (Å²) in [5.74, 6) is 1.79. The summed E-state index contributed by atoms with van der Waals surface area (Å²) in [6.45, 7) is 0.729. The normalized spacial score (nSPS) is 28.4. The van der Waals surface area contributed by atoms with Crippen LogP contribution in [0.4, 0.5) is 0 Å². The SMILES string of the molecule is S=C(NCc1cccc(Cl)c1)N[C@@H]1C[C@H]2CC[C@@H]1C2. The van der Waals surface area contributed by atoms with Crippen LogP contribution in [0.3, 0.4) is 0 Å². The Kier molecular flexibility index (Phi) is 3.94. The van der Waals surface area contributed by atoms with Gasteiger partial charge in [-0.05, 0) is 61.0 Å². The van der Waals surface area contributed by atoms with Crippen molar-refractivity contribution in [1.82, 2.24) is 10.6 Å². The van der Waals surface area contributed by atoms with Crippen LogP contribution in [-0.2, 0) is 6.54 Å². The number of thiocarbonyl (C=S) groups is 1. The molecule has 4 heteroatoms. The predicted molar refractivity (Wildman–Crippen MR) is 83.3 cm³/mol. The van der Waals surface area contributed by atoms with E-state index in [2.05, 4.69) is 16.7 Å². The first-order chi connectivity index (χ1) is 9.20. The lowest BCUT2D eigenvalue weighted by molar-refractivity contribution is 0.389. The molecule has 2 N–H and O–H groups in total. The Morgan fingerprint density at radius 2 is 2.21 bits per heavy atom. The molecule has 0 saturated heterocycles. The summed E-state index contributed by atoms with van der Waals surface area (Å²) < 4.78 is 0. The van der Waals surface area contributed by atoms with Crippen LogP contribution in [0.5, 0.6) is 0 Å². The second-order valence-electron chi connectivity index (χ2n) is 5.74. The summed E-state index contributed by atoms with van der Waals surface area (Å²) in [5, 5.41) is 8.30. The molecular formula is C15H19ClN2S. The molecule has 2 bridgehead atoms. The molecular weight excluding hydrogens is 276 g/mol. The standard InChI is InChI=1S/C15H19ClN2S/c16-13-3-1-2-11(7-13)9-17-15(19)18-14-8-10-4-5-12(14)6-10/h1-3,7,10,12,14H,4-6,8-9H2,(H2,17,18,19)/t10-,12+,14+/m0/s1. The topological polar surface area (TPSA) is 24.1 Å². The molecule has 102 valence electrons. The summed E-state index contributed by atoms with van der Waals surface area (Å²) in [7, 11) is 0. The number of fused-ring (bicyclic) bond motifs is 2. The molecule has 2 aliphatic rings. The highest BCUT2D eigenvalue weighted by Gasteiger charge is 2.39. The Balaban J connectivity index is 1.47. The quantitative estimate of drug-likeness (QED) is 0.835. The first kappa shape index (κ1) is 13.2. The molecule has 19 heavy (non-hydrogen) atoms. The molecule has 0 aliphatic heterocycles. The van der Waals surface area contributed by atoms with Crippen LogP contribution in [0.1, 0.15) is 31.2 Å². The molecule has 1 aromatic carbocycles. The van der Waals surface area contributed by atoms with Crippen LogP contribution in [0.25, 0.3) is 0 Å². The van der Waals surface area contributed by atoms with Crippen LogP contribution in [0, 0.1) is 11.8 Å². The third-order valence-electron chi connectivity index (χ3n) is 4.40. The minimum atomic E-state index is 0.595. The van der Waals surface area contributed by atoms with Crippen molar-refractivity contribution in [1.29, 1.82) is 0 Å². The van der Waals surface area contributed by atoms with Gasteiger partial charge < -0.3 is 10.6 Å². The molecule has 3 rings (SSSR count). The molecule has 0 aromatic heterocycles. The van der Waals surface area contributed by atoms with Gasteiger partial charge in [0.2, 0.25) is 0 Å². The number of nitrogens with one attached hydrogen (secondary N) is 2. The monoisotopic (exact) mass is 294 g/mol. The largest absolute Gasteiger partial charge is 0.360 e. The molecule has 0 heterocycles. The van der Waals surface area contributed by atoms with Gasteiger partial charge in [-0.1, -0.05) is 30.2 Å². The maximum Gasteiger partial charge on any atom is 0.166 e. The van der Waals surface area contributed by atoms with Crippen molar-refractivity contribution in [2.24, 2.45) is 11.8 Å². The van der Waals surface area contributed by atoms with E-state index < -0.39 is 0 Å². The molecule has 0 spiro atoms. The number of rotatable bonds is 3. The second-order valence-corrected chi connectivity index (χ2v) is 6.58. The lowest BCUT2D eigenvalue weighted by Gasteiger charge is -2.24. The summed E-state index contributed by atoms with van der Waals surface area (Å²) >= 11 is 11.3. The summed E-state index contributed by atoms with van der Waals surface area (Å²) in [5.41, 5.74) is 1.16. The average Bonchev–Trinajstić information content (AvgIpc) is 2.99. The Morgan fingerprint density at radius 1 is 1.32 bits per heavy atom. The van der Waals surface area contributed by atoms with Crippen molar-refractivity contribution in [2.45, 2.75) is 38.3 Å². The smallest absolute Gasteiger partial charge is 0.166 e. The fraction of sp³-hybridized carbons (Fsp3) is 0.533. The van der Waals surface area contributed by atoms with Gasteiger partial charge >= 0.3 is 0 Å². The van der Waals surface area contributed by atoms with Crippen molar-refractivity contribution in [2.75, 3.05) is 0 Å². The molecule has 0 unspecified atom stereocenters. The van der Waals surface area contributed by atoms with Gasteiger partial charge in [0.05, 0.1) is 0 Å². The minimum Gasteiger partial charge on any atom is -0.360 e. The highest BCUT2D eigenvalue weighted by Crippen LogP contribution is 2.44. The van der Waals surface area contributed by atoms with Gasteiger partial charge in [0.1, 0.15) is 0 Å². The third kappa shape index (κ3) is 3.21. The maximum absolute atomic E-state index is 5.96. The second kappa shape index (κ2) is 5.68. The Morgan fingerprint density at radius 3 is 2.89 bits per heavy atom. The van der Waals surface area contributed by atoms with Crippen LogP contribution in [-0.4, -0.2) is 11.2 Å². The number of hydrogen-bond donors (Lipinski definition) is 2. The van der Waals surface area contributed by atoms with Crippen molar-refractivity contribution in [3.63, 3.8) is 0 Å². The predicted octanol–water partition coefficient (Wildman–Crippen LogP) is 3.49. The fourth-order valence-corrected chi connectivity index (χ4v) is 3.91. The molecule has 0 amide bonds. The highest BCUT2D eigenvalue weighted by molar-refractivity contribution is 7.80. The zero-order chi connectivity index (χ0) is 13.2. The van der Waals surface area contributed by atoms with Crippen LogP contribution < -0.4 is 10.6 Å². The van der Waals surface area contributed by atoms with Gasteiger partial charge in [-0.2, -0.15) is 0 Å². The van der Waals surface area contributed by atoms with E-state index in [-0.39, 0.29) is 0 Å². The Hall–Kier alpha value is -0.800. The molecule has 2 nitrogen and oxygen atoms in total. The van der Waals surface area contributed by atoms with Crippen LogP contribution in [0.2, 0.25) is 5.02 Å². The van der Waals surface area contributed by atoms with Crippen molar-refractivity contribution in [3.8, 4) is 0 Å². The summed E-state index contributed by atoms with van der Waals surface area (Å²) in [4.78, 5) is 0. The number of hydrogen-bond acceptors (Lipinski definition) is 1. The van der Waals surface area contributed by atoms with Crippen molar-refractivity contribution < 1.29 is 0 Å². The molecule has 2 aliphatic carbocycles. The highest BCUT2D eigenvalue weighted by atomic mass is 35.5. The number of benzene rings is 1. The Bertz CT molecular complexity index is 477. The molecule has 1 aromatic rings. The van der Waals surface area contributed by atoms with Crippen LogP contribution >= 0.6 is 23.8 Å². The van der Waals surface area contributed by atoms with E-state index in [9.17, 15) is 0 Å². The average molecular weight is 295 g/mol. The summed E-state index contributed by atoms with van der Waals surface area (Å²) in [6.07, 6.45) is 5.49. The fourth-order valence-electron chi connectivity index (χ4n) is 3.47. The molecule has 2 fully saturated rings. The van der Waals surface area contributed by atoms with Gasteiger partial charge in [0.25, 0.3) is 0 Å². The zero-order valence-corrected chi connectivity index (χ0v) is 12.4. The van der Waals surface area contributed by atoms with Gasteiger partial charge in [-0.3, -0.25) is 0 Å². The lowest BCUT2D eigenvalue weighted by atomic mass is 9.96. The van der Waals surface area contributed by atoms with E-state index in [0.29, 0.717) is 6.04 Å². The first-order valence-corrected chi connectivity index (χ1v) is 7.78. The minimum absolute atomic E-state index is 0.595. The van der Waals surface area contributed by atoms with E-state index in [1.54, 1.807) is 0 Å². The van der Waals surface area contributed by atoms with Gasteiger partial charge in [0, 0.05) is 17.6 Å². The van der Waals surface area contributed by atoms with E-state index in [4.69, 9.17) is 23.8 Å². The first-order valence-electron chi connectivity index (χ1n) is 6.99. The Labute approximate surface area is 124 Å². The summed E-state index contributed by atoms with van der Waals surface area (Å²) in [6, 6.07) is 8.47. The van der Waals surface area contributed by atoms with Crippen LogP contribution in [0.15, 0.2) is 24.3 Å².